The summed E-state index contributed by atoms with van der Waals surface area (Å²) in [5.41, 5.74) is 7.42. The van der Waals surface area contributed by atoms with E-state index < -0.39 is 0 Å². The summed E-state index contributed by atoms with van der Waals surface area (Å²) in [6, 6.07) is 10.7. The topological polar surface area (TPSA) is 54.0 Å². The Bertz CT molecular complexity index is 816. The molecule has 1 aromatic heterocycles. The molecule has 0 saturated carbocycles. The summed E-state index contributed by atoms with van der Waals surface area (Å²) in [6.45, 7) is 2.48. The van der Waals surface area contributed by atoms with Crippen molar-refractivity contribution in [1.29, 1.82) is 0 Å². The number of fused-ring (bicyclic) bond motifs is 2. The van der Waals surface area contributed by atoms with Crippen LogP contribution in [0, 0.1) is 0 Å². The number of carbonyl (C=O) groups excluding carboxylic acids is 1. The Balaban J connectivity index is 1.40. The normalized spacial score (nSPS) is 16.5. The number of anilines is 1. The number of carbonyl (C=O) groups is 1. The van der Waals surface area contributed by atoms with Crippen LogP contribution in [0.15, 0.2) is 30.3 Å². The number of hydrogen-bond donors (Lipinski definition) is 2. The quantitative estimate of drug-likeness (QED) is 0.824. The summed E-state index contributed by atoms with van der Waals surface area (Å²) in [5, 5.41) is 6.62. The third-order valence-electron chi connectivity index (χ3n) is 5.76. The molecule has 1 unspecified atom stereocenters. The van der Waals surface area contributed by atoms with Gasteiger partial charge < -0.3 is 10.6 Å². The molecule has 0 saturated heterocycles. The van der Waals surface area contributed by atoms with Crippen LogP contribution in [0.5, 0.6) is 0 Å². The molecule has 1 atom stereocenters. The molecule has 2 aliphatic carbocycles. The highest BCUT2D eigenvalue weighted by Gasteiger charge is 2.25. The molecule has 0 aliphatic heterocycles. The van der Waals surface area contributed by atoms with Gasteiger partial charge in [0.15, 0.2) is 0 Å². The molecule has 2 aromatic rings. The Kier molecular flexibility index (Phi) is 5.53. The molecule has 0 radical (unpaired) electrons. The molecule has 27 heavy (non-hydrogen) atoms. The first kappa shape index (κ1) is 18.2. The molecular formula is C23H29N3O. The van der Waals surface area contributed by atoms with Crippen molar-refractivity contribution < 1.29 is 4.79 Å². The third-order valence-corrected chi connectivity index (χ3v) is 5.76. The zero-order chi connectivity index (χ0) is 18.6. The van der Waals surface area contributed by atoms with E-state index in [0.717, 1.165) is 44.2 Å². The third kappa shape index (κ3) is 4.22. The predicted molar refractivity (Wildman–Crippen MR) is 109 cm³/mol. The summed E-state index contributed by atoms with van der Waals surface area (Å²) >= 11 is 0. The highest BCUT2D eigenvalue weighted by molar-refractivity contribution is 5.94. The van der Waals surface area contributed by atoms with Gasteiger partial charge in [-0.15, -0.1) is 0 Å². The van der Waals surface area contributed by atoms with Gasteiger partial charge in [0.2, 0.25) is 5.91 Å². The minimum absolute atomic E-state index is 0.0583. The number of nitrogens with zero attached hydrogens (tertiary/aromatic N) is 1. The van der Waals surface area contributed by atoms with Gasteiger partial charge in [0, 0.05) is 17.4 Å². The number of aryl methyl sites for hydroxylation is 2. The Labute approximate surface area is 161 Å². The molecule has 0 bridgehead atoms. The molecule has 2 N–H and O–H groups in total. The molecular weight excluding hydrogens is 334 g/mol. The van der Waals surface area contributed by atoms with Crippen LogP contribution >= 0.6 is 0 Å². The van der Waals surface area contributed by atoms with Crippen molar-refractivity contribution in [3.8, 4) is 0 Å². The fraction of sp³-hybridized carbons (Fsp3) is 0.478. The fourth-order valence-corrected chi connectivity index (χ4v) is 4.39. The van der Waals surface area contributed by atoms with Crippen molar-refractivity contribution >= 4 is 11.6 Å². The van der Waals surface area contributed by atoms with Crippen LogP contribution < -0.4 is 10.6 Å². The number of amides is 1. The Morgan fingerprint density at radius 2 is 1.67 bits per heavy atom. The fourth-order valence-electron chi connectivity index (χ4n) is 4.39. The maximum Gasteiger partial charge on any atom is 0.238 e. The van der Waals surface area contributed by atoms with Gasteiger partial charge in [-0.2, -0.15) is 0 Å². The van der Waals surface area contributed by atoms with E-state index in [-0.39, 0.29) is 11.9 Å². The van der Waals surface area contributed by atoms with Crippen molar-refractivity contribution in [2.24, 2.45) is 0 Å². The van der Waals surface area contributed by atoms with E-state index in [1.807, 2.05) is 6.07 Å². The first-order valence-corrected chi connectivity index (χ1v) is 10.3. The molecule has 0 spiro atoms. The highest BCUT2D eigenvalue weighted by atomic mass is 16.1. The van der Waals surface area contributed by atoms with Gasteiger partial charge in [-0.1, -0.05) is 30.3 Å². The van der Waals surface area contributed by atoms with Gasteiger partial charge >= 0.3 is 0 Å². The Hall–Kier alpha value is -2.20. The van der Waals surface area contributed by atoms with Crippen molar-refractivity contribution in [3.63, 3.8) is 0 Å². The lowest BCUT2D eigenvalue weighted by Gasteiger charge is -2.22. The average Bonchev–Trinajstić information content (AvgIpc) is 3.15. The van der Waals surface area contributed by atoms with E-state index in [9.17, 15) is 4.79 Å². The number of pyridine rings is 1. The zero-order valence-corrected chi connectivity index (χ0v) is 16.2. The standard InChI is InChI=1S/C23H29N3O/c1-16(14-17-8-3-2-4-9-17)24-15-22(27)26-23-18-10-5-6-12-20(18)25-21-13-7-11-19(21)23/h2-4,8-9,16,24H,5-7,10-15H2,1H3,(H,25,26,27). The second-order valence-corrected chi connectivity index (χ2v) is 7.92. The maximum atomic E-state index is 12.7. The van der Waals surface area contributed by atoms with Crippen molar-refractivity contribution in [2.45, 2.75) is 64.3 Å². The molecule has 142 valence electrons. The van der Waals surface area contributed by atoms with E-state index in [0.29, 0.717) is 6.54 Å². The van der Waals surface area contributed by atoms with Crippen molar-refractivity contribution in [3.05, 3.63) is 58.4 Å². The largest absolute Gasteiger partial charge is 0.324 e. The molecule has 4 rings (SSSR count). The van der Waals surface area contributed by atoms with Gasteiger partial charge in [0.25, 0.3) is 0 Å². The maximum absolute atomic E-state index is 12.7. The van der Waals surface area contributed by atoms with Crippen LogP contribution in [0.25, 0.3) is 0 Å². The summed E-state index contributed by atoms with van der Waals surface area (Å²) in [4.78, 5) is 17.6. The lowest BCUT2D eigenvalue weighted by molar-refractivity contribution is -0.115. The van der Waals surface area contributed by atoms with Gasteiger partial charge in [-0.25, -0.2) is 0 Å². The summed E-state index contributed by atoms with van der Waals surface area (Å²) < 4.78 is 0. The van der Waals surface area contributed by atoms with Crippen molar-refractivity contribution in [2.75, 3.05) is 11.9 Å². The number of rotatable bonds is 6. The highest BCUT2D eigenvalue weighted by Crippen LogP contribution is 2.35. The molecule has 2 aliphatic rings. The minimum Gasteiger partial charge on any atom is -0.324 e. The van der Waals surface area contributed by atoms with Crippen LogP contribution in [-0.4, -0.2) is 23.5 Å². The van der Waals surface area contributed by atoms with E-state index in [1.165, 1.54) is 40.9 Å². The summed E-state index contributed by atoms with van der Waals surface area (Å²) in [6.07, 6.45) is 8.68. The number of nitrogens with one attached hydrogen (secondary N) is 2. The first-order valence-electron chi connectivity index (χ1n) is 10.3. The van der Waals surface area contributed by atoms with Gasteiger partial charge in [0.05, 0.1) is 12.2 Å². The zero-order valence-electron chi connectivity index (χ0n) is 16.2. The second-order valence-electron chi connectivity index (χ2n) is 7.92. The molecule has 1 heterocycles. The van der Waals surface area contributed by atoms with Crippen molar-refractivity contribution in [1.82, 2.24) is 10.3 Å². The van der Waals surface area contributed by atoms with Crippen LogP contribution in [0.4, 0.5) is 5.69 Å². The lowest BCUT2D eigenvalue weighted by Crippen LogP contribution is -2.36. The number of aromatic nitrogens is 1. The van der Waals surface area contributed by atoms with E-state index in [2.05, 4.69) is 41.8 Å². The Morgan fingerprint density at radius 3 is 2.44 bits per heavy atom. The van der Waals surface area contributed by atoms with Crippen LogP contribution in [0.3, 0.4) is 0 Å². The molecule has 0 fully saturated rings. The van der Waals surface area contributed by atoms with Gasteiger partial charge in [-0.3, -0.25) is 9.78 Å². The average molecular weight is 364 g/mol. The molecule has 4 heteroatoms. The van der Waals surface area contributed by atoms with Crippen LogP contribution in [0.1, 0.15) is 54.3 Å². The second kappa shape index (κ2) is 8.22. The molecule has 4 nitrogen and oxygen atoms in total. The van der Waals surface area contributed by atoms with E-state index >= 15 is 0 Å². The van der Waals surface area contributed by atoms with Gasteiger partial charge in [-0.05, 0) is 75.0 Å². The molecule has 1 aromatic carbocycles. The lowest BCUT2D eigenvalue weighted by atomic mass is 9.92. The van der Waals surface area contributed by atoms with Gasteiger partial charge in [0.1, 0.15) is 0 Å². The van der Waals surface area contributed by atoms with E-state index in [1.54, 1.807) is 0 Å². The van der Waals surface area contributed by atoms with Crippen LogP contribution in [0.2, 0.25) is 0 Å². The summed E-state index contributed by atoms with van der Waals surface area (Å²) in [5.74, 6) is 0.0583. The SMILES string of the molecule is CC(Cc1ccccc1)NCC(=O)Nc1c2c(nc3c1CCC3)CCCC2. The first-order chi connectivity index (χ1) is 13.2. The molecule has 1 amide bonds. The van der Waals surface area contributed by atoms with E-state index in [4.69, 9.17) is 4.98 Å². The number of benzene rings is 1. The summed E-state index contributed by atoms with van der Waals surface area (Å²) in [7, 11) is 0. The number of hydrogen-bond acceptors (Lipinski definition) is 3. The van der Waals surface area contributed by atoms with Crippen LogP contribution in [-0.2, 0) is 36.9 Å². The minimum atomic E-state index is 0.0583. The predicted octanol–water partition coefficient (Wildman–Crippen LogP) is 3.61. The Morgan fingerprint density at radius 1 is 1.00 bits per heavy atom. The smallest absolute Gasteiger partial charge is 0.238 e. The monoisotopic (exact) mass is 363 g/mol.